The molecule has 0 aliphatic carbocycles. The highest BCUT2D eigenvalue weighted by molar-refractivity contribution is 6.00. The molecule has 0 N–H and O–H groups in total. The number of nitro groups is 1. The fraction of sp³-hybridized carbons (Fsp3) is 0.333. The number of nitrogens with zero attached hydrogens (tertiary/aromatic N) is 3. The van der Waals surface area contributed by atoms with Crippen molar-refractivity contribution >= 4 is 23.2 Å². The van der Waals surface area contributed by atoms with Gasteiger partial charge in [0, 0.05) is 32.1 Å². The molecule has 1 fully saturated rings. The summed E-state index contributed by atoms with van der Waals surface area (Å²) in [5.41, 5.74) is 1.49. The van der Waals surface area contributed by atoms with Crippen molar-refractivity contribution in [2.24, 2.45) is 5.92 Å². The van der Waals surface area contributed by atoms with Gasteiger partial charge in [0.25, 0.3) is 5.69 Å². The molecule has 29 heavy (non-hydrogen) atoms. The number of carbonyl (C=O) groups is 2. The van der Waals surface area contributed by atoms with Crippen LogP contribution in [0.3, 0.4) is 0 Å². The molecular formula is C21H22FN3O4. The zero-order valence-electron chi connectivity index (χ0n) is 16.5. The van der Waals surface area contributed by atoms with Crippen LogP contribution in [0.5, 0.6) is 0 Å². The van der Waals surface area contributed by atoms with Gasteiger partial charge in [-0.1, -0.05) is 18.2 Å². The minimum absolute atomic E-state index is 0.00184. The number of aryl methyl sites for hydroxylation is 1. The van der Waals surface area contributed by atoms with Crippen molar-refractivity contribution in [2.45, 2.75) is 26.3 Å². The van der Waals surface area contributed by atoms with Gasteiger partial charge in [0.15, 0.2) is 0 Å². The van der Waals surface area contributed by atoms with E-state index in [9.17, 15) is 24.1 Å². The maximum atomic E-state index is 14.3. The topological polar surface area (TPSA) is 83.8 Å². The molecule has 152 valence electrons. The molecule has 2 aromatic carbocycles. The van der Waals surface area contributed by atoms with Gasteiger partial charge < -0.3 is 9.80 Å². The van der Waals surface area contributed by atoms with E-state index in [0.717, 1.165) is 5.56 Å². The van der Waals surface area contributed by atoms with Gasteiger partial charge in [-0.2, -0.15) is 0 Å². The summed E-state index contributed by atoms with van der Waals surface area (Å²) in [7, 11) is 1.60. The third kappa shape index (κ3) is 4.11. The Labute approximate surface area is 167 Å². The van der Waals surface area contributed by atoms with E-state index in [1.54, 1.807) is 45.2 Å². The predicted molar refractivity (Wildman–Crippen MR) is 106 cm³/mol. The molecule has 8 heteroatoms. The number of hydrogen-bond donors (Lipinski definition) is 0. The Morgan fingerprint density at radius 2 is 2.03 bits per heavy atom. The number of carbonyl (C=O) groups excluding carboxylic acids is 2. The maximum Gasteiger partial charge on any atom is 0.269 e. The molecule has 0 saturated carbocycles. The van der Waals surface area contributed by atoms with E-state index in [1.165, 1.54) is 28.0 Å². The Balaban J connectivity index is 1.75. The average Bonchev–Trinajstić information content (AvgIpc) is 3.07. The van der Waals surface area contributed by atoms with Crippen LogP contribution in [0.2, 0.25) is 0 Å². The number of benzene rings is 2. The highest BCUT2D eigenvalue weighted by atomic mass is 19.1. The van der Waals surface area contributed by atoms with E-state index in [1.807, 2.05) is 0 Å². The van der Waals surface area contributed by atoms with Crippen LogP contribution in [0, 0.1) is 28.8 Å². The summed E-state index contributed by atoms with van der Waals surface area (Å²) in [4.78, 5) is 38.7. The van der Waals surface area contributed by atoms with Crippen LogP contribution < -0.4 is 4.90 Å². The average molecular weight is 399 g/mol. The monoisotopic (exact) mass is 399 g/mol. The lowest BCUT2D eigenvalue weighted by Crippen LogP contribution is -2.36. The molecule has 0 bridgehead atoms. The van der Waals surface area contributed by atoms with Crippen LogP contribution in [0.15, 0.2) is 42.5 Å². The van der Waals surface area contributed by atoms with Gasteiger partial charge in [-0.05, 0) is 37.1 Å². The molecule has 2 aromatic rings. The predicted octanol–water partition coefficient (Wildman–Crippen LogP) is 3.61. The number of nitro benzene ring substituents is 1. The van der Waals surface area contributed by atoms with E-state index in [0.29, 0.717) is 5.56 Å². The molecule has 2 atom stereocenters. The molecule has 0 aromatic heterocycles. The third-order valence-electron chi connectivity index (χ3n) is 5.36. The van der Waals surface area contributed by atoms with Gasteiger partial charge in [-0.3, -0.25) is 19.7 Å². The van der Waals surface area contributed by atoms with E-state index < -0.39 is 22.7 Å². The quantitative estimate of drug-likeness (QED) is 0.568. The van der Waals surface area contributed by atoms with Crippen LogP contribution in [0.25, 0.3) is 0 Å². The van der Waals surface area contributed by atoms with Crippen LogP contribution >= 0.6 is 0 Å². The summed E-state index contributed by atoms with van der Waals surface area (Å²) in [6.07, 6.45) is -0.00184. The molecule has 3 rings (SSSR count). The van der Waals surface area contributed by atoms with Crippen LogP contribution in [-0.4, -0.2) is 35.2 Å². The van der Waals surface area contributed by atoms with E-state index in [2.05, 4.69) is 0 Å². The number of rotatable bonds is 5. The highest BCUT2D eigenvalue weighted by Crippen LogP contribution is 2.31. The second-order valence-corrected chi connectivity index (χ2v) is 7.34. The number of halogens is 1. The lowest BCUT2D eigenvalue weighted by atomic mass is 10.0. The first-order valence-electron chi connectivity index (χ1n) is 9.26. The number of non-ortho nitro benzene ring substituents is 1. The van der Waals surface area contributed by atoms with Crippen molar-refractivity contribution in [3.05, 3.63) is 69.5 Å². The second kappa shape index (κ2) is 7.98. The number of amides is 2. The van der Waals surface area contributed by atoms with Crippen LogP contribution in [0.1, 0.15) is 30.5 Å². The van der Waals surface area contributed by atoms with Crippen LogP contribution in [0.4, 0.5) is 15.8 Å². The van der Waals surface area contributed by atoms with E-state index in [-0.39, 0.29) is 36.2 Å². The molecule has 2 unspecified atom stereocenters. The molecule has 1 aliphatic rings. The lowest BCUT2D eigenvalue weighted by Gasteiger charge is -2.28. The fourth-order valence-electron chi connectivity index (χ4n) is 3.54. The molecule has 1 aliphatic heterocycles. The second-order valence-electron chi connectivity index (χ2n) is 7.34. The van der Waals surface area contributed by atoms with Gasteiger partial charge in [-0.15, -0.1) is 0 Å². The summed E-state index contributed by atoms with van der Waals surface area (Å²) in [6, 6.07) is 10.3. The first-order chi connectivity index (χ1) is 13.7. The van der Waals surface area contributed by atoms with Gasteiger partial charge in [0.05, 0.1) is 22.6 Å². The van der Waals surface area contributed by atoms with Crippen LogP contribution in [-0.2, 0) is 9.59 Å². The molecule has 1 heterocycles. The van der Waals surface area contributed by atoms with Gasteiger partial charge >= 0.3 is 0 Å². The third-order valence-corrected chi connectivity index (χ3v) is 5.36. The minimum Gasteiger partial charge on any atom is -0.339 e. The minimum atomic E-state index is -0.602. The van der Waals surface area contributed by atoms with Crippen molar-refractivity contribution in [2.75, 3.05) is 18.5 Å². The molecule has 1 saturated heterocycles. The van der Waals surface area contributed by atoms with Crippen molar-refractivity contribution in [3.63, 3.8) is 0 Å². The first kappa shape index (κ1) is 20.4. The Morgan fingerprint density at radius 1 is 1.31 bits per heavy atom. The Kier molecular flexibility index (Phi) is 5.63. The van der Waals surface area contributed by atoms with Gasteiger partial charge in [0.1, 0.15) is 5.82 Å². The summed E-state index contributed by atoms with van der Waals surface area (Å²) in [5.74, 6) is -1.66. The summed E-state index contributed by atoms with van der Waals surface area (Å²) < 4.78 is 14.3. The SMILES string of the molecule is Cc1ccc(N2CC(C(=O)N(C)C(C)c3cccc([N+](=O)[O-])c3)CC2=O)c(F)c1. The first-order valence-corrected chi connectivity index (χ1v) is 9.26. The molecular weight excluding hydrogens is 377 g/mol. The zero-order chi connectivity index (χ0) is 21.3. The van der Waals surface area contributed by atoms with Crippen molar-refractivity contribution in [1.29, 1.82) is 0 Å². The van der Waals surface area contributed by atoms with E-state index in [4.69, 9.17) is 0 Å². The standard InChI is InChI=1S/C21H22FN3O4/c1-13-7-8-19(18(22)9-13)24-12-16(11-20(24)26)21(27)23(3)14(2)15-5-4-6-17(10-15)25(28)29/h4-10,14,16H,11-12H2,1-3H3. The normalized spacial score (nSPS) is 17.3. The van der Waals surface area contributed by atoms with Gasteiger partial charge in [0.2, 0.25) is 11.8 Å². The van der Waals surface area contributed by atoms with Crippen molar-refractivity contribution < 1.29 is 18.9 Å². The van der Waals surface area contributed by atoms with E-state index >= 15 is 0 Å². The molecule has 0 radical (unpaired) electrons. The molecule has 0 spiro atoms. The highest BCUT2D eigenvalue weighted by Gasteiger charge is 2.38. The van der Waals surface area contributed by atoms with Crippen molar-refractivity contribution in [3.8, 4) is 0 Å². The summed E-state index contributed by atoms with van der Waals surface area (Å²) >= 11 is 0. The smallest absolute Gasteiger partial charge is 0.269 e. The zero-order valence-corrected chi connectivity index (χ0v) is 16.5. The summed E-state index contributed by atoms with van der Waals surface area (Å²) in [5, 5.41) is 11.0. The fourth-order valence-corrected chi connectivity index (χ4v) is 3.54. The Bertz CT molecular complexity index is 978. The van der Waals surface area contributed by atoms with Crippen molar-refractivity contribution in [1.82, 2.24) is 4.90 Å². The maximum absolute atomic E-state index is 14.3. The Morgan fingerprint density at radius 3 is 2.69 bits per heavy atom. The molecule has 7 nitrogen and oxygen atoms in total. The largest absolute Gasteiger partial charge is 0.339 e. The number of anilines is 1. The Hall–Kier alpha value is -3.29. The molecule has 2 amide bonds. The summed E-state index contributed by atoms with van der Waals surface area (Å²) in [6.45, 7) is 3.63. The lowest BCUT2D eigenvalue weighted by molar-refractivity contribution is -0.384. The number of hydrogen-bond acceptors (Lipinski definition) is 4. The van der Waals surface area contributed by atoms with Gasteiger partial charge in [-0.25, -0.2) is 4.39 Å².